The van der Waals surface area contributed by atoms with Crippen LogP contribution in [0.3, 0.4) is 0 Å². The number of aliphatic hydroxyl groups is 1. The van der Waals surface area contributed by atoms with E-state index in [-0.39, 0.29) is 18.3 Å². The lowest BCUT2D eigenvalue weighted by molar-refractivity contribution is 0.273. The molecule has 0 fully saturated rings. The number of fused-ring (bicyclic) bond motifs is 1. The second-order valence-corrected chi connectivity index (χ2v) is 3.83. The molecule has 2 aromatic carbocycles. The summed E-state index contributed by atoms with van der Waals surface area (Å²) >= 11 is 0. The van der Waals surface area contributed by atoms with Crippen molar-refractivity contribution in [2.45, 2.75) is 12.8 Å². The fourth-order valence-electron chi connectivity index (χ4n) is 1.65. The summed E-state index contributed by atoms with van der Waals surface area (Å²) in [7, 11) is 0. The van der Waals surface area contributed by atoms with E-state index >= 15 is 0 Å². The normalized spacial score (nSPS) is 13.0. The molecule has 78 valence electrons. The van der Waals surface area contributed by atoms with Gasteiger partial charge in [-0.15, -0.1) is 0 Å². The molecule has 0 heterocycles. The molecule has 0 amide bonds. The molecule has 15 heavy (non-hydrogen) atoms. The maximum Gasteiger partial charge on any atom is 0.123 e. The van der Waals surface area contributed by atoms with Gasteiger partial charge in [0.1, 0.15) is 5.82 Å². The standard InChI is InChI=1S/C13H13FO/c1-9(8-15)11-3-2-10-4-5-13(14)7-12(10)6-11/h2-7,9,15H,8H2,1H3. The van der Waals surface area contributed by atoms with Gasteiger partial charge in [-0.3, -0.25) is 0 Å². The van der Waals surface area contributed by atoms with Crippen molar-refractivity contribution in [3.63, 3.8) is 0 Å². The first-order chi connectivity index (χ1) is 7.20. The smallest absolute Gasteiger partial charge is 0.123 e. The lowest BCUT2D eigenvalue weighted by Gasteiger charge is -2.09. The summed E-state index contributed by atoms with van der Waals surface area (Å²) in [6.45, 7) is 2.06. The Kier molecular flexibility index (Phi) is 2.69. The molecule has 0 spiro atoms. The predicted molar refractivity (Wildman–Crippen MR) is 59.4 cm³/mol. The first-order valence-electron chi connectivity index (χ1n) is 5.01. The Morgan fingerprint density at radius 2 is 1.87 bits per heavy atom. The Hall–Kier alpha value is -1.41. The number of aliphatic hydroxyl groups excluding tert-OH is 1. The highest BCUT2D eigenvalue weighted by Crippen LogP contribution is 2.22. The summed E-state index contributed by atoms with van der Waals surface area (Å²) in [5.74, 6) is -0.131. The van der Waals surface area contributed by atoms with Crippen LogP contribution in [0.5, 0.6) is 0 Å². The average Bonchev–Trinajstić information content (AvgIpc) is 2.27. The third-order valence-corrected chi connectivity index (χ3v) is 2.67. The van der Waals surface area contributed by atoms with Gasteiger partial charge in [-0.1, -0.05) is 31.2 Å². The van der Waals surface area contributed by atoms with E-state index in [0.717, 1.165) is 16.3 Å². The molecule has 0 aromatic heterocycles. The minimum Gasteiger partial charge on any atom is -0.396 e. The second kappa shape index (κ2) is 3.99. The van der Waals surface area contributed by atoms with Crippen LogP contribution < -0.4 is 0 Å². The molecule has 0 aliphatic rings. The van der Waals surface area contributed by atoms with Crippen molar-refractivity contribution in [3.05, 3.63) is 47.8 Å². The third kappa shape index (κ3) is 2.00. The SMILES string of the molecule is CC(CO)c1ccc2ccc(F)cc2c1. The fraction of sp³-hybridized carbons (Fsp3) is 0.231. The van der Waals surface area contributed by atoms with Crippen LogP contribution in [-0.4, -0.2) is 11.7 Å². The second-order valence-electron chi connectivity index (χ2n) is 3.83. The van der Waals surface area contributed by atoms with Gasteiger partial charge in [-0.05, 0) is 28.5 Å². The van der Waals surface area contributed by atoms with Gasteiger partial charge in [0.2, 0.25) is 0 Å². The molecular formula is C13H13FO. The van der Waals surface area contributed by atoms with Crippen molar-refractivity contribution in [1.82, 2.24) is 0 Å². The highest BCUT2D eigenvalue weighted by atomic mass is 19.1. The Balaban J connectivity index is 2.54. The van der Waals surface area contributed by atoms with Gasteiger partial charge in [0.15, 0.2) is 0 Å². The molecule has 0 aliphatic heterocycles. The maximum absolute atomic E-state index is 13.0. The predicted octanol–water partition coefficient (Wildman–Crippen LogP) is 3.07. The van der Waals surface area contributed by atoms with Crippen LogP contribution in [0, 0.1) is 5.82 Å². The molecule has 0 saturated carbocycles. The molecule has 0 aliphatic carbocycles. The summed E-state index contributed by atoms with van der Waals surface area (Å²) in [6, 6.07) is 10.6. The van der Waals surface area contributed by atoms with Crippen LogP contribution >= 0.6 is 0 Å². The van der Waals surface area contributed by atoms with Crippen LogP contribution in [-0.2, 0) is 0 Å². The first-order valence-corrected chi connectivity index (χ1v) is 5.01. The molecule has 1 nitrogen and oxygen atoms in total. The van der Waals surface area contributed by atoms with E-state index in [9.17, 15) is 4.39 Å². The number of hydrogen-bond donors (Lipinski definition) is 1. The summed E-state index contributed by atoms with van der Waals surface area (Å²) in [6.07, 6.45) is 0. The van der Waals surface area contributed by atoms with Crippen molar-refractivity contribution in [2.75, 3.05) is 6.61 Å². The van der Waals surface area contributed by atoms with Crippen molar-refractivity contribution in [1.29, 1.82) is 0 Å². The van der Waals surface area contributed by atoms with Gasteiger partial charge in [0.25, 0.3) is 0 Å². The number of benzene rings is 2. The van der Waals surface area contributed by atoms with Gasteiger partial charge < -0.3 is 5.11 Å². The van der Waals surface area contributed by atoms with Crippen LogP contribution in [0.4, 0.5) is 4.39 Å². The molecule has 0 radical (unpaired) electrons. The quantitative estimate of drug-likeness (QED) is 0.797. The number of rotatable bonds is 2. The molecule has 2 rings (SSSR count). The van der Waals surface area contributed by atoms with Gasteiger partial charge in [0.05, 0.1) is 0 Å². The van der Waals surface area contributed by atoms with E-state index in [1.807, 2.05) is 25.1 Å². The van der Waals surface area contributed by atoms with Crippen LogP contribution in [0.15, 0.2) is 36.4 Å². The summed E-state index contributed by atoms with van der Waals surface area (Å²) < 4.78 is 13.0. The van der Waals surface area contributed by atoms with Crippen molar-refractivity contribution in [3.8, 4) is 0 Å². The molecule has 2 aromatic rings. The number of hydrogen-bond acceptors (Lipinski definition) is 1. The first kappa shape index (κ1) is 10.1. The minimum absolute atomic E-state index is 0.0951. The summed E-state index contributed by atoms with van der Waals surface area (Å²) in [4.78, 5) is 0. The topological polar surface area (TPSA) is 20.2 Å². The lowest BCUT2D eigenvalue weighted by Crippen LogP contribution is -1.98. The Morgan fingerprint density at radius 1 is 1.13 bits per heavy atom. The van der Waals surface area contributed by atoms with Crippen LogP contribution in [0.25, 0.3) is 10.8 Å². The highest BCUT2D eigenvalue weighted by molar-refractivity contribution is 5.83. The molecular weight excluding hydrogens is 191 g/mol. The van der Waals surface area contributed by atoms with Gasteiger partial charge in [-0.2, -0.15) is 0 Å². The Morgan fingerprint density at radius 3 is 2.60 bits per heavy atom. The Labute approximate surface area is 88.2 Å². The maximum atomic E-state index is 13.0. The van der Waals surface area contributed by atoms with E-state index < -0.39 is 0 Å². The van der Waals surface area contributed by atoms with Crippen molar-refractivity contribution >= 4 is 10.8 Å². The molecule has 0 bridgehead atoms. The average molecular weight is 204 g/mol. The largest absolute Gasteiger partial charge is 0.396 e. The zero-order valence-corrected chi connectivity index (χ0v) is 8.57. The van der Waals surface area contributed by atoms with E-state index in [1.54, 1.807) is 6.07 Å². The molecule has 1 unspecified atom stereocenters. The van der Waals surface area contributed by atoms with E-state index in [1.165, 1.54) is 12.1 Å². The van der Waals surface area contributed by atoms with Gasteiger partial charge in [-0.25, -0.2) is 4.39 Å². The number of halogens is 1. The molecule has 1 N–H and O–H groups in total. The zero-order chi connectivity index (χ0) is 10.8. The van der Waals surface area contributed by atoms with Gasteiger partial charge in [0, 0.05) is 12.5 Å². The minimum atomic E-state index is -0.226. The molecule has 1 atom stereocenters. The fourth-order valence-corrected chi connectivity index (χ4v) is 1.65. The zero-order valence-electron chi connectivity index (χ0n) is 8.57. The van der Waals surface area contributed by atoms with Crippen molar-refractivity contribution in [2.24, 2.45) is 0 Å². The Bertz CT molecular complexity index is 479. The molecule has 0 saturated heterocycles. The van der Waals surface area contributed by atoms with Crippen LogP contribution in [0.1, 0.15) is 18.4 Å². The monoisotopic (exact) mass is 204 g/mol. The summed E-state index contributed by atoms with van der Waals surface area (Å²) in [5, 5.41) is 10.9. The van der Waals surface area contributed by atoms with E-state index in [0.29, 0.717) is 0 Å². The molecule has 2 heteroatoms. The van der Waals surface area contributed by atoms with E-state index in [4.69, 9.17) is 5.11 Å². The van der Waals surface area contributed by atoms with Crippen LogP contribution in [0.2, 0.25) is 0 Å². The third-order valence-electron chi connectivity index (χ3n) is 2.67. The lowest BCUT2D eigenvalue weighted by atomic mass is 9.98. The van der Waals surface area contributed by atoms with E-state index in [2.05, 4.69) is 0 Å². The van der Waals surface area contributed by atoms with Crippen molar-refractivity contribution < 1.29 is 9.50 Å². The highest BCUT2D eigenvalue weighted by Gasteiger charge is 2.04. The summed E-state index contributed by atoms with van der Waals surface area (Å²) in [5.41, 5.74) is 1.04. The van der Waals surface area contributed by atoms with Gasteiger partial charge >= 0.3 is 0 Å².